The molecule has 35 heavy (non-hydrogen) atoms. The van der Waals surface area contributed by atoms with Gasteiger partial charge in [-0.3, -0.25) is 14.4 Å². The molecule has 0 spiro atoms. The summed E-state index contributed by atoms with van der Waals surface area (Å²) in [5.41, 5.74) is -0.754. The zero-order valence-electron chi connectivity index (χ0n) is 18.6. The standard InChI is InChI=1S/C25H21F2N3O5/c1-13-23(14-5-3-2-4-6-14)35-19-12-29-11-17(21(31)22(32)20(29)25(34)30(13)19)24(33)28-10-15-7-8-16(26)9-18(15)27/h2-9,11,13,19,23,32H,10,12H2,1H3,(H,28,33). The molecule has 0 radical (unpaired) electrons. The molecule has 2 aliphatic heterocycles. The number of hydrogen-bond acceptors (Lipinski definition) is 5. The first-order valence-corrected chi connectivity index (χ1v) is 11.0. The summed E-state index contributed by atoms with van der Waals surface area (Å²) in [5.74, 6) is -3.90. The molecule has 8 nitrogen and oxygen atoms in total. The SMILES string of the molecule is CC1C(c2ccccc2)OC2Cn3cc(C(=O)NCc4ccc(F)cc4F)c(=O)c(O)c3C(=O)N21. The van der Waals surface area contributed by atoms with Gasteiger partial charge < -0.3 is 24.6 Å². The number of ether oxygens (including phenoxy) is 1. The minimum Gasteiger partial charge on any atom is -0.503 e. The summed E-state index contributed by atoms with van der Waals surface area (Å²) in [7, 11) is 0. The second-order valence-electron chi connectivity index (χ2n) is 8.51. The van der Waals surface area contributed by atoms with Gasteiger partial charge in [0, 0.05) is 24.4 Å². The van der Waals surface area contributed by atoms with Gasteiger partial charge in [-0.2, -0.15) is 0 Å². The molecule has 3 aromatic rings. The van der Waals surface area contributed by atoms with Gasteiger partial charge in [0.25, 0.3) is 11.8 Å². The lowest BCUT2D eigenvalue weighted by Gasteiger charge is -2.33. The van der Waals surface area contributed by atoms with Gasteiger partial charge >= 0.3 is 0 Å². The number of pyridine rings is 1. The fourth-order valence-electron chi connectivity index (χ4n) is 4.61. The molecule has 5 rings (SSSR count). The summed E-state index contributed by atoms with van der Waals surface area (Å²) < 4.78 is 34.4. The first-order chi connectivity index (χ1) is 16.8. The first kappa shape index (κ1) is 22.7. The maximum atomic E-state index is 13.9. The summed E-state index contributed by atoms with van der Waals surface area (Å²) in [5, 5.41) is 13.0. The van der Waals surface area contributed by atoms with Crippen molar-refractivity contribution in [3.8, 4) is 5.75 Å². The van der Waals surface area contributed by atoms with Gasteiger partial charge in [-0.1, -0.05) is 36.4 Å². The van der Waals surface area contributed by atoms with Gasteiger partial charge in [0.05, 0.1) is 12.6 Å². The number of amides is 2. The number of halogens is 2. The Bertz CT molecular complexity index is 1390. The molecular weight excluding hydrogens is 460 g/mol. The maximum Gasteiger partial charge on any atom is 0.276 e. The number of nitrogens with one attached hydrogen (secondary N) is 1. The molecule has 3 heterocycles. The van der Waals surface area contributed by atoms with Crippen LogP contribution >= 0.6 is 0 Å². The third-order valence-electron chi connectivity index (χ3n) is 6.36. The van der Waals surface area contributed by atoms with Gasteiger partial charge in [-0.05, 0) is 18.6 Å². The lowest BCUT2D eigenvalue weighted by Crippen LogP contribution is -2.49. The van der Waals surface area contributed by atoms with Crippen molar-refractivity contribution in [1.82, 2.24) is 14.8 Å². The number of carbonyl (C=O) groups excluding carboxylic acids is 2. The van der Waals surface area contributed by atoms with Crippen molar-refractivity contribution < 1.29 is 28.2 Å². The molecule has 0 saturated carbocycles. The van der Waals surface area contributed by atoms with Gasteiger partial charge in [0.2, 0.25) is 5.43 Å². The van der Waals surface area contributed by atoms with Crippen molar-refractivity contribution in [3.63, 3.8) is 0 Å². The van der Waals surface area contributed by atoms with E-state index >= 15 is 0 Å². The van der Waals surface area contributed by atoms with Crippen LogP contribution < -0.4 is 10.7 Å². The lowest BCUT2D eigenvalue weighted by atomic mass is 10.0. The molecule has 0 bridgehead atoms. The molecule has 0 aliphatic carbocycles. The van der Waals surface area contributed by atoms with Crippen molar-refractivity contribution in [2.75, 3.05) is 0 Å². The summed E-state index contributed by atoms with van der Waals surface area (Å²) in [6, 6.07) is 11.9. The predicted octanol–water partition coefficient (Wildman–Crippen LogP) is 2.70. The molecule has 180 valence electrons. The Labute approximate surface area is 198 Å². The smallest absolute Gasteiger partial charge is 0.276 e. The molecule has 10 heteroatoms. The number of aromatic hydroxyl groups is 1. The molecule has 2 N–H and O–H groups in total. The maximum absolute atomic E-state index is 13.9. The monoisotopic (exact) mass is 481 g/mol. The predicted molar refractivity (Wildman–Crippen MR) is 120 cm³/mol. The van der Waals surface area contributed by atoms with Gasteiger partial charge in [-0.25, -0.2) is 8.78 Å². The van der Waals surface area contributed by atoms with Crippen LogP contribution in [0, 0.1) is 11.6 Å². The van der Waals surface area contributed by atoms with Crippen molar-refractivity contribution >= 4 is 11.8 Å². The Morgan fingerprint density at radius 2 is 1.91 bits per heavy atom. The molecule has 2 aliphatic rings. The Hall–Kier alpha value is -4.05. The van der Waals surface area contributed by atoms with Crippen LogP contribution in [-0.4, -0.2) is 38.7 Å². The van der Waals surface area contributed by atoms with E-state index in [2.05, 4.69) is 5.32 Å². The molecule has 1 aromatic heterocycles. The highest BCUT2D eigenvalue weighted by atomic mass is 19.1. The molecule has 1 saturated heterocycles. The van der Waals surface area contributed by atoms with Crippen LogP contribution in [0.5, 0.6) is 5.75 Å². The minimum absolute atomic E-state index is 0.0214. The van der Waals surface area contributed by atoms with Crippen LogP contribution in [0.1, 0.15) is 45.0 Å². The summed E-state index contributed by atoms with van der Waals surface area (Å²) in [6.07, 6.45) is 0.121. The van der Waals surface area contributed by atoms with Crippen molar-refractivity contribution in [1.29, 1.82) is 0 Å². The zero-order valence-corrected chi connectivity index (χ0v) is 18.6. The van der Waals surface area contributed by atoms with Crippen molar-refractivity contribution in [3.05, 3.63) is 99.0 Å². The van der Waals surface area contributed by atoms with E-state index in [1.165, 1.54) is 21.7 Å². The summed E-state index contributed by atoms with van der Waals surface area (Å²) in [6.45, 7) is 1.62. The normalized spacial score (nSPS) is 20.9. The molecule has 3 atom stereocenters. The second kappa shape index (κ2) is 8.62. The number of aromatic nitrogens is 1. The number of carbonyl (C=O) groups is 2. The van der Waals surface area contributed by atoms with Gasteiger partial charge in [-0.15, -0.1) is 0 Å². The molecule has 3 unspecified atom stereocenters. The van der Waals surface area contributed by atoms with E-state index in [9.17, 15) is 28.3 Å². The molecular formula is C25H21F2N3O5. The van der Waals surface area contributed by atoms with Gasteiger partial charge in [0.1, 0.15) is 23.3 Å². The van der Waals surface area contributed by atoms with E-state index in [4.69, 9.17) is 4.74 Å². The van der Waals surface area contributed by atoms with E-state index in [0.29, 0.717) is 6.07 Å². The first-order valence-electron chi connectivity index (χ1n) is 11.0. The number of benzene rings is 2. The van der Waals surface area contributed by atoms with Crippen LogP contribution in [-0.2, 0) is 17.8 Å². The van der Waals surface area contributed by atoms with Crippen molar-refractivity contribution in [2.45, 2.75) is 38.4 Å². The van der Waals surface area contributed by atoms with Crippen molar-refractivity contribution in [2.24, 2.45) is 0 Å². The Morgan fingerprint density at radius 1 is 1.17 bits per heavy atom. The third kappa shape index (κ3) is 3.85. The number of hydrogen-bond donors (Lipinski definition) is 2. The molecule has 2 aromatic carbocycles. The quantitative estimate of drug-likeness (QED) is 0.597. The summed E-state index contributed by atoms with van der Waals surface area (Å²) >= 11 is 0. The summed E-state index contributed by atoms with van der Waals surface area (Å²) in [4.78, 5) is 40.2. The van der Waals surface area contributed by atoms with E-state index in [1.54, 1.807) is 0 Å². The Balaban J connectivity index is 1.42. The zero-order chi connectivity index (χ0) is 24.9. The number of nitrogens with zero attached hydrogens (tertiary/aromatic N) is 2. The number of rotatable bonds is 4. The lowest BCUT2D eigenvalue weighted by molar-refractivity contribution is -0.0154. The van der Waals surface area contributed by atoms with E-state index in [1.807, 2.05) is 37.3 Å². The highest BCUT2D eigenvalue weighted by Crippen LogP contribution is 2.39. The number of fused-ring (bicyclic) bond motifs is 2. The van der Waals surface area contributed by atoms with Crippen LogP contribution in [0.4, 0.5) is 8.78 Å². The molecule has 2 amide bonds. The second-order valence-corrected chi connectivity index (χ2v) is 8.51. The van der Waals surface area contributed by atoms with E-state index in [0.717, 1.165) is 11.6 Å². The average molecular weight is 481 g/mol. The van der Waals surface area contributed by atoms with Crippen LogP contribution in [0.2, 0.25) is 0 Å². The Kier molecular flexibility index (Phi) is 5.60. The highest BCUT2D eigenvalue weighted by Gasteiger charge is 2.47. The highest BCUT2D eigenvalue weighted by molar-refractivity contribution is 5.99. The largest absolute Gasteiger partial charge is 0.503 e. The van der Waals surface area contributed by atoms with Gasteiger partial charge in [0.15, 0.2) is 17.7 Å². The third-order valence-corrected chi connectivity index (χ3v) is 6.36. The van der Waals surface area contributed by atoms with E-state index in [-0.39, 0.29) is 30.4 Å². The average Bonchev–Trinajstić information content (AvgIpc) is 3.17. The fraction of sp³-hybridized carbons (Fsp3) is 0.240. The fourth-order valence-corrected chi connectivity index (χ4v) is 4.61. The Morgan fingerprint density at radius 3 is 2.63 bits per heavy atom. The molecule has 1 fully saturated rings. The van der Waals surface area contributed by atoms with E-state index < -0.39 is 52.5 Å². The van der Waals surface area contributed by atoms with Crippen LogP contribution in [0.25, 0.3) is 0 Å². The van der Waals surface area contributed by atoms with Crippen LogP contribution in [0.3, 0.4) is 0 Å². The minimum atomic E-state index is -1.02. The topological polar surface area (TPSA) is 101 Å². The van der Waals surface area contributed by atoms with Crippen LogP contribution in [0.15, 0.2) is 59.5 Å².